The molecule has 0 radical (unpaired) electrons. The lowest BCUT2D eigenvalue weighted by molar-refractivity contribution is 0.0934. The fourth-order valence-electron chi connectivity index (χ4n) is 2.25. The van der Waals surface area contributed by atoms with Gasteiger partial charge >= 0.3 is 0 Å². The summed E-state index contributed by atoms with van der Waals surface area (Å²) in [5, 5.41) is 3.12. The molecule has 0 aromatic heterocycles. The van der Waals surface area contributed by atoms with Crippen LogP contribution >= 0.6 is 11.8 Å². The molecule has 0 aliphatic carbocycles. The van der Waals surface area contributed by atoms with Crippen LogP contribution < -0.4 is 11.1 Å². The van der Waals surface area contributed by atoms with Crippen molar-refractivity contribution < 1.29 is 4.79 Å². The van der Waals surface area contributed by atoms with Crippen molar-refractivity contribution in [3.8, 4) is 11.8 Å². The highest BCUT2D eigenvalue weighted by molar-refractivity contribution is 7.99. The van der Waals surface area contributed by atoms with E-state index < -0.39 is 0 Å². The fourth-order valence-corrected chi connectivity index (χ4v) is 3.36. The van der Waals surface area contributed by atoms with Crippen LogP contribution in [0.2, 0.25) is 0 Å². The van der Waals surface area contributed by atoms with Crippen molar-refractivity contribution >= 4 is 17.7 Å². The monoisotopic (exact) mass is 288 g/mol. The molecule has 0 saturated carbocycles. The summed E-state index contributed by atoms with van der Waals surface area (Å²) in [6, 6.07) is 6.02. The van der Waals surface area contributed by atoms with Crippen molar-refractivity contribution in [2.75, 3.05) is 18.1 Å². The first-order valence-electron chi connectivity index (χ1n) is 6.88. The number of hydrogen-bond acceptors (Lipinski definition) is 3. The smallest absolute Gasteiger partial charge is 0.251 e. The minimum Gasteiger partial charge on any atom is -0.349 e. The number of amides is 1. The van der Waals surface area contributed by atoms with E-state index in [-0.39, 0.29) is 5.91 Å². The Morgan fingerprint density at radius 2 is 2.15 bits per heavy atom. The van der Waals surface area contributed by atoms with E-state index in [4.69, 9.17) is 5.73 Å². The van der Waals surface area contributed by atoms with Crippen molar-refractivity contribution in [2.24, 2.45) is 5.73 Å². The minimum absolute atomic E-state index is 0.00129. The predicted octanol–water partition coefficient (Wildman–Crippen LogP) is 1.93. The molecule has 0 bridgehead atoms. The van der Waals surface area contributed by atoms with Crippen molar-refractivity contribution in [1.82, 2.24) is 5.32 Å². The fraction of sp³-hybridized carbons (Fsp3) is 0.438. The summed E-state index contributed by atoms with van der Waals surface area (Å²) in [5.74, 6) is 8.07. The maximum atomic E-state index is 12.3. The third-order valence-electron chi connectivity index (χ3n) is 3.23. The van der Waals surface area contributed by atoms with Gasteiger partial charge in [-0.05, 0) is 55.0 Å². The maximum Gasteiger partial charge on any atom is 0.251 e. The lowest BCUT2D eigenvalue weighted by atomic mass is 10.0. The standard InChI is InChI=1S/C16H20N2OS/c1-12-9-13(3-2-6-17)11-14(10-12)16(19)18-15-4-7-20-8-5-15/h9-11,15H,4-8,17H2,1H3,(H,18,19). The van der Waals surface area contributed by atoms with Crippen LogP contribution in [0, 0.1) is 18.8 Å². The van der Waals surface area contributed by atoms with Gasteiger partial charge in [0.05, 0.1) is 6.54 Å². The van der Waals surface area contributed by atoms with Crippen LogP contribution in [-0.4, -0.2) is 30.0 Å². The molecule has 1 fully saturated rings. The lowest BCUT2D eigenvalue weighted by Gasteiger charge is -2.22. The molecule has 1 saturated heterocycles. The van der Waals surface area contributed by atoms with Crippen LogP contribution in [0.4, 0.5) is 0 Å². The molecule has 1 heterocycles. The lowest BCUT2D eigenvalue weighted by Crippen LogP contribution is -2.37. The number of benzene rings is 1. The van der Waals surface area contributed by atoms with E-state index in [0.29, 0.717) is 18.2 Å². The molecule has 106 valence electrons. The Morgan fingerprint density at radius 1 is 1.40 bits per heavy atom. The van der Waals surface area contributed by atoms with E-state index in [0.717, 1.165) is 35.5 Å². The second kappa shape index (κ2) is 7.37. The molecule has 3 nitrogen and oxygen atoms in total. The Kier molecular flexibility index (Phi) is 5.51. The molecule has 1 aromatic rings. The molecule has 0 atom stereocenters. The first-order chi connectivity index (χ1) is 9.69. The van der Waals surface area contributed by atoms with Gasteiger partial charge in [0.2, 0.25) is 0 Å². The van der Waals surface area contributed by atoms with Gasteiger partial charge < -0.3 is 11.1 Å². The van der Waals surface area contributed by atoms with Gasteiger partial charge in [-0.3, -0.25) is 4.79 Å². The number of thioether (sulfide) groups is 1. The quantitative estimate of drug-likeness (QED) is 0.818. The Labute approximate surface area is 124 Å². The molecule has 4 heteroatoms. The second-order valence-electron chi connectivity index (χ2n) is 4.95. The Morgan fingerprint density at radius 3 is 2.85 bits per heavy atom. The van der Waals surface area contributed by atoms with Crippen LogP contribution in [0.5, 0.6) is 0 Å². The van der Waals surface area contributed by atoms with Crippen molar-refractivity contribution in [3.63, 3.8) is 0 Å². The molecule has 0 unspecified atom stereocenters. The number of rotatable bonds is 2. The summed E-state index contributed by atoms with van der Waals surface area (Å²) < 4.78 is 0. The molecule has 20 heavy (non-hydrogen) atoms. The molecular formula is C16H20N2OS. The average Bonchev–Trinajstić information content (AvgIpc) is 2.45. The van der Waals surface area contributed by atoms with Gasteiger partial charge in [0, 0.05) is 17.2 Å². The molecule has 1 aliphatic rings. The number of nitrogens with two attached hydrogens (primary N) is 1. The highest BCUT2D eigenvalue weighted by Crippen LogP contribution is 2.17. The maximum absolute atomic E-state index is 12.3. The topological polar surface area (TPSA) is 55.1 Å². The highest BCUT2D eigenvalue weighted by atomic mass is 32.2. The predicted molar refractivity (Wildman–Crippen MR) is 84.9 cm³/mol. The molecule has 3 N–H and O–H groups in total. The largest absolute Gasteiger partial charge is 0.349 e. The minimum atomic E-state index is 0.00129. The van der Waals surface area contributed by atoms with Gasteiger partial charge in [-0.25, -0.2) is 0 Å². The van der Waals surface area contributed by atoms with E-state index in [1.54, 1.807) is 0 Å². The molecule has 1 aromatic carbocycles. The van der Waals surface area contributed by atoms with Crippen molar-refractivity contribution in [2.45, 2.75) is 25.8 Å². The van der Waals surface area contributed by atoms with E-state index >= 15 is 0 Å². The van der Waals surface area contributed by atoms with Gasteiger partial charge in [-0.15, -0.1) is 0 Å². The van der Waals surface area contributed by atoms with Gasteiger partial charge in [0.25, 0.3) is 5.91 Å². The summed E-state index contributed by atoms with van der Waals surface area (Å²) in [4.78, 5) is 12.3. The van der Waals surface area contributed by atoms with E-state index in [2.05, 4.69) is 17.2 Å². The van der Waals surface area contributed by atoms with Crippen LogP contribution in [-0.2, 0) is 0 Å². The number of hydrogen-bond donors (Lipinski definition) is 2. The Balaban J connectivity index is 2.10. The third-order valence-corrected chi connectivity index (χ3v) is 4.28. The molecule has 1 amide bonds. The summed E-state index contributed by atoms with van der Waals surface area (Å²) in [7, 11) is 0. The molecule has 2 rings (SSSR count). The van der Waals surface area contributed by atoms with E-state index in [9.17, 15) is 4.79 Å². The first-order valence-corrected chi connectivity index (χ1v) is 8.04. The van der Waals surface area contributed by atoms with Crippen LogP contribution in [0.1, 0.15) is 34.3 Å². The first kappa shape index (κ1) is 15.0. The summed E-state index contributed by atoms with van der Waals surface area (Å²) in [6.07, 6.45) is 2.12. The van der Waals surface area contributed by atoms with E-state index in [1.807, 2.05) is 36.9 Å². The summed E-state index contributed by atoms with van der Waals surface area (Å²) >= 11 is 1.95. The zero-order valence-electron chi connectivity index (χ0n) is 11.7. The zero-order valence-corrected chi connectivity index (χ0v) is 12.6. The second-order valence-corrected chi connectivity index (χ2v) is 6.18. The van der Waals surface area contributed by atoms with Crippen LogP contribution in [0.25, 0.3) is 0 Å². The normalized spacial score (nSPS) is 15.3. The summed E-state index contributed by atoms with van der Waals surface area (Å²) in [5.41, 5.74) is 7.95. The third kappa shape index (κ3) is 4.29. The van der Waals surface area contributed by atoms with Gasteiger partial charge in [0.1, 0.15) is 0 Å². The zero-order chi connectivity index (χ0) is 14.4. The number of aryl methyl sites for hydroxylation is 1. The molecule has 0 spiro atoms. The van der Waals surface area contributed by atoms with Gasteiger partial charge in [0.15, 0.2) is 0 Å². The van der Waals surface area contributed by atoms with Crippen molar-refractivity contribution in [1.29, 1.82) is 0 Å². The van der Waals surface area contributed by atoms with Crippen LogP contribution in [0.3, 0.4) is 0 Å². The van der Waals surface area contributed by atoms with E-state index in [1.165, 1.54) is 0 Å². The van der Waals surface area contributed by atoms with Gasteiger partial charge in [-0.1, -0.05) is 11.8 Å². The molecular weight excluding hydrogens is 268 g/mol. The van der Waals surface area contributed by atoms with Gasteiger partial charge in [-0.2, -0.15) is 11.8 Å². The van der Waals surface area contributed by atoms with Crippen molar-refractivity contribution in [3.05, 3.63) is 34.9 Å². The average molecular weight is 288 g/mol. The van der Waals surface area contributed by atoms with Crippen LogP contribution in [0.15, 0.2) is 18.2 Å². The Bertz CT molecular complexity index is 539. The Hall–Kier alpha value is -1.44. The summed E-state index contributed by atoms with van der Waals surface area (Å²) in [6.45, 7) is 2.30. The number of carbonyl (C=O) groups excluding carboxylic acids is 1. The highest BCUT2D eigenvalue weighted by Gasteiger charge is 2.17. The number of carbonyl (C=O) groups is 1. The molecule has 1 aliphatic heterocycles. The SMILES string of the molecule is Cc1cc(C#CCN)cc(C(=O)NC2CCSCC2)c1. The number of nitrogens with one attached hydrogen (secondary N) is 1.